The third-order valence-corrected chi connectivity index (χ3v) is 3.72. The molecule has 1 aromatic rings. The van der Waals surface area contributed by atoms with Gasteiger partial charge < -0.3 is 5.73 Å². The molecule has 2 heteroatoms. The smallest absolute Gasteiger partial charge is 0.0277 e. The van der Waals surface area contributed by atoms with Gasteiger partial charge in [-0.25, -0.2) is 0 Å². The Hall–Kier alpha value is -1.02. The average Bonchev–Trinajstić information content (AvgIpc) is 2.56. The molecule has 2 N–H and O–H groups in total. The average molecular weight is 205 g/mol. The van der Waals surface area contributed by atoms with Crippen LogP contribution in [0.25, 0.3) is 0 Å². The van der Waals surface area contributed by atoms with E-state index >= 15 is 0 Å². The number of nitrogens with two attached hydrogens (primary N) is 1. The first kappa shape index (κ1) is 9.53. The highest BCUT2D eigenvalue weighted by Crippen LogP contribution is 2.34. The summed E-state index contributed by atoms with van der Waals surface area (Å²) < 4.78 is 0. The molecule has 0 fully saturated rings. The monoisotopic (exact) mass is 205 g/mol. The van der Waals surface area contributed by atoms with Crippen molar-refractivity contribution in [3.63, 3.8) is 0 Å². The quantitative estimate of drug-likeness (QED) is 0.748. The van der Waals surface area contributed by atoms with Gasteiger partial charge in [-0.15, -0.1) is 11.3 Å². The SMILES string of the molecule is Cc1ccc([C@H]2C=C(N)C=C[C@@H]2C)s1. The number of hydrogen-bond acceptors (Lipinski definition) is 2. The Bertz CT molecular complexity index is 387. The normalized spacial score (nSPS) is 26.3. The lowest BCUT2D eigenvalue weighted by Crippen LogP contribution is -2.10. The van der Waals surface area contributed by atoms with E-state index in [0.717, 1.165) is 5.70 Å². The Morgan fingerprint density at radius 3 is 2.79 bits per heavy atom. The predicted octanol–water partition coefficient (Wildman–Crippen LogP) is 3.19. The number of aryl methyl sites for hydroxylation is 1. The van der Waals surface area contributed by atoms with E-state index in [9.17, 15) is 0 Å². The largest absolute Gasteiger partial charge is 0.399 e. The summed E-state index contributed by atoms with van der Waals surface area (Å²) in [5.74, 6) is 1.03. The van der Waals surface area contributed by atoms with Crippen molar-refractivity contribution in [1.82, 2.24) is 0 Å². The molecule has 0 saturated heterocycles. The molecule has 1 heterocycles. The second kappa shape index (κ2) is 3.62. The predicted molar refractivity (Wildman–Crippen MR) is 62.4 cm³/mol. The fourth-order valence-corrected chi connectivity index (χ4v) is 2.83. The molecule has 0 aliphatic heterocycles. The molecule has 1 nitrogen and oxygen atoms in total. The zero-order valence-electron chi connectivity index (χ0n) is 8.53. The molecule has 0 amide bonds. The fraction of sp³-hybridized carbons (Fsp3) is 0.333. The van der Waals surface area contributed by atoms with E-state index in [2.05, 4.69) is 38.1 Å². The molecule has 1 aliphatic carbocycles. The van der Waals surface area contributed by atoms with E-state index < -0.39 is 0 Å². The van der Waals surface area contributed by atoms with Gasteiger partial charge >= 0.3 is 0 Å². The lowest BCUT2D eigenvalue weighted by Gasteiger charge is -2.20. The van der Waals surface area contributed by atoms with Crippen LogP contribution in [0.15, 0.2) is 36.1 Å². The maximum atomic E-state index is 5.81. The number of rotatable bonds is 1. The molecule has 0 bridgehead atoms. The maximum absolute atomic E-state index is 5.81. The van der Waals surface area contributed by atoms with Gasteiger partial charge in [0.25, 0.3) is 0 Å². The first-order chi connectivity index (χ1) is 6.66. The molecule has 0 unspecified atom stereocenters. The van der Waals surface area contributed by atoms with Crippen LogP contribution in [0.1, 0.15) is 22.6 Å². The van der Waals surface area contributed by atoms with E-state index in [1.54, 1.807) is 0 Å². The minimum atomic E-state index is 0.471. The van der Waals surface area contributed by atoms with Crippen molar-refractivity contribution in [2.45, 2.75) is 19.8 Å². The number of hydrogen-bond donors (Lipinski definition) is 1. The van der Waals surface area contributed by atoms with E-state index in [0.29, 0.717) is 11.8 Å². The van der Waals surface area contributed by atoms with Crippen LogP contribution in [-0.2, 0) is 0 Å². The van der Waals surface area contributed by atoms with Gasteiger partial charge in [0.1, 0.15) is 0 Å². The molecule has 0 spiro atoms. The van der Waals surface area contributed by atoms with Crippen molar-refractivity contribution in [3.05, 3.63) is 45.8 Å². The van der Waals surface area contributed by atoms with Gasteiger partial charge in [0.15, 0.2) is 0 Å². The summed E-state index contributed by atoms with van der Waals surface area (Å²) in [6.45, 7) is 4.38. The van der Waals surface area contributed by atoms with Crippen molar-refractivity contribution in [2.75, 3.05) is 0 Å². The standard InChI is InChI=1S/C12H15NS/c1-8-3-5-10(13)7-11(8)12-6-4-9(2)14-12/h3-8,11H,13H2,1-2H3/t8-,11-/m0/s1. The summed E-state index contributed by atoms with van der Waals surface area (Å²) in [6.07, 6.45) is 6.35. The molecule has 0 saturated carbocycles. The van der Waals surface area contributed by atoms with Crippen LogP contribution in [-0.4, -0.2) is 0 Å². The molecule has 74 valence electrons. The molecule has 1 aliphatic rings. The Balaban J connectivity index is 2.30. The lowest BCUT2D eigenvalue weighted by atomic mass is 9.88. The van der Waals surface area contributed by atoms with E-state index in [1.165, 1.54) is 9.75 Å². The van der Waals surface area contributed by atoms with Gasteiger partial charge in [-0.2, -0.15) is 0 Å². The zero-order chi connectivity index (χ0) is 10.1. The van der Waals surface area contributed by atoms with Crippen LogP contribution >= 0.6 is 11.3 Å². The minimum absolute atomic E-state index is 0.471. The summed E-state index contributed by atoms with van der Waals surface area (Å²) in [4.78, 5) is 2.79. The third-order valence-electron chi connectivity index (χ3n) is 2.62. The summed E-state index contributed by atoms with van der Waals surface area (Å²) >= 11 is 1.87. The highest BCUT2D eigenvalue weighted by Gasteiger charge is 2.19. The molecule has 2 atom stereocenters. The molecule has 2 rings (SSSR count). The molecular weight excluding hydrogens is 190 g/mol. The van der Waals surface area contributed by atoms with Crippen molar-refractivity contribution >= 4 is 11.3 Å². The first-order valence-corrected chi connectivity index (χ1v) is 5.70. The van der Waals surface area contributed by atoms with Crippen LogP contribution in [0.5, 0.6) is 0 Å². The van der Waals surface area contributed by atoms with Crippen LogP contribution in [0.3, 0.4) is 0 Å². The van der Waals surface area contributed by atoms with Gasteiger partial charge in [0, 0.05) is 21.4 Å². The van der Waals surface area contributed by atoms with Gasteiger partial charge in [-0.1, -0.05) is 19.1 Å². The number of thiophene rings is 1. The van der Waals surface area contributed by atoms with E-state index in [4.69, 9.17) is 5.73 Å². The summed E-state index contributed by atoms with van der Waals surface area (Å²) in [5, 5.41) is 0. The maximum Gasteiger partial charge on any atom is 0.0277 e. The van der Waals surface area contributed by atoms with Crippen molar-refractivity contribution in [3.8, 4) is 0 Å². The molecule has 14 heavy (non-hydrogen) atoms. The summed E-state index contributed by atoms with van der Waals surface area (Å²) in [6, 6.07) is 4.39. The molecular formula is C12H15NS. The highest BCUT2D eigenvalue weighted by atomic mass is 32.1. The fourth-order valence-electron chi connectivity index (χ4n) is 1.77. The second-order valence-corrected chi connectivity index (χ2v) is 5.18. The van der Waals surface area contributed by atoms with Crippen molar-refractivity contribution in [1.29, 1.82) is 0 Å². The van der Waals surface area contributed by atoms with Gasteiger partial charge in [0.2, 0.25) is 0 Å². The Kier molecular flexibility index (Phi) is 2.46. The molecule has 1 aromatic heterocycles. The Morgan fingerprint density at radius 2 is 2.14 bits per heavy atom. The Morgan fingerprint density at radius 1 is 1.36 bits per heavy atom. The highest BCUT2D eigenvalue weighted by molar-refractivity contribution is 7.12. The van der Waals surface area contributed by atoms with Gasteiger partial charge in [-0.05, 0) is 31.1 Å². The summed E-state index contributed by atoms with van der Waals surface area (Å²) in [7, 11) is 0. The van der Waals surface area contributed by atoms with Crippen LogP contribution < -0.4 is 5.73 Å². The van der Waals surface area contributed by atoms with Crippen molar-refractivity contribution in [2.24, 2.45) is 11.7 Å². The zero-order valence-corrected chi connectivity index (χ0v) is 9.34. The van der Waals surface area contributed by atoms with Gasteiger partial charge in [0.05, 0.1) is 0 Å². The second-order valence-electron chi connectivity index (χ2n) is 3.86. The third kappa shape index (κ3) is 1.75. The van der Waals surface area contributed by atoms with E-state index in [-0.39, 0.29) is 0 Å². The van der Waals surface area contributed by atoms with Crippen LogP contribution in [0.2, 0.25) is 0 Å². The minimum Gasteiger partial charge on any atom is -0.399 e. The van der Waals surface area contributed by atoms with Crippen LogP contribution in [0.4, 0.5) is 0 Å². The topological polar surface area (TPSA) is 26.0 Å². The summed E-state index contributed by atoms with van der Waals surface area (Å²) in [5.41, 5.74) is 6.70. The van der Waals surface area contributed by atoms with E-state index in [1.807, 2.05) is 17.4 Å². The Labute approximate surface area is 88.9 Å². The molecule has 0 aromatic carbocycles. The lowest BCUT2D eigenvalue weighted by molar-refractivity contribution is 0.639. The van der Waals surface area contributed by atoms with Crippen molar-refractivity contribution < 1.29 is 0 Å². The number of allylic oxidation sites excluding steroid dienone is 3. The van der Waals surface area contributed by atoms with Crippen LogP contribution in [0, 0.1) is 12.8 Å². The van der Waals surface area contributed by atoms with Gasteiger partial charge in [-0.3, -0.25) is 0 Å². The molecule has 0 radical (unpaired) electrons. The first-order valence-electron chi connectivity index (χ1n) is 4.88.